The Kier molecular flexibility index (Phi) is 19.9. The first-order chi connectivity index (χ1) is 14.8. The van der Waals surface area contributed by atoms with Crippen LogP contribution >= 0.6 is 0 Å². The molecule has 0 atom stereocenters. The summed E-state index contributed by atoms with van der Waals surface area (Å²) in [6.45, 7) is 16.1. The van der Waals surface area contributed by atoms with Crippen molar-refractivity contribution >= 4 is 11.8 Å². The van der Waals surface area contributed by atoms with Crippen molar-refractivity contribution in [2.75, 3.05) is 72.4 Å². The maximum absolute atomic E-state index is 12.2. The Morgan fingerprint density at radius 1 is 0.710 bits per heavy atom. The molecule has 0 rings (SSSR count). The molecule has 0 aromatic carbocycles. The quantitative estimate of drug-likeness (QED) is 0.263. The first-order valence-electron chi connectivity index (χ1n) is 11.8. The summed E-state index contributed by atoms with van der Waals surface area (Å²) in [6, 6.07) is 0. The number of nitrogens with zero attached hydrogens (tertiary/aromatic N) is 1. The molecule has 2 amide bonds. The van der Waals surface area contributed by atoms with Gasteiger partial charge in [-0.1, -0.05) is 34.6 Å². The van der Waals surface area contributed by atoms with E-state index >= 15 is 0 Å². The number of hydrogen-bond donors (Lipinski definition) is 2. The van der Waals surface area contributed by atoms with Gasteiger partial charge in [0.15, 0.2) is 0 Å². The molecule has 2 N–H and O–H groups in total. The molecule has 0 unspecified atom stereocenters. The van der Waals surface area contributed by atoms with Crippen LogP contribution in [0.5, 0.6) is 0 Å². The standard InChI is InChI=1S/C23H47N3O5/c1-6-9-24-22(27)18-26(19-23(28)25-10-7-20(2)3)11-13-30-15-17-31-16-14-29-12-8-21(4)5/h20-21H,6-19H2,1-5H3,(H,24,27)(H,25,28). The van der Waals surface area contributed by atoms with Gasteiger partial charge in [-0.05, 0) is 31.1 Å². The number of ether oxygens (including phenoxy) is 3. The Morgan fingerprint density at radius 3 is 1.71 bits per heavy atom. The monoisotopic (exact) mass is 445 g/mol. The zero-order valence-electron chi connectivity index (χ0n) is 20.5. The molecule has 8 nitrogen and oxygen atoms in total. The van der Waals surface area contributed by atoms with Gasteiger partial charge in [-0.3, -0.25) is 14.5 Å². The fraction of sp³-hybridized carbons (Fsp3) is 0.913. The predicted octanol–water partition coefficient (Wildman–Crippen LogP) is 2.07. The number of amides is 2. The third-order valence-electron chi connectivity index (χ3n) is 4.49. The van der Waals surface area contributed by atoms with Gasteiger partial charge in [-0.2, -0.15) is 0 Å². The van der Waals surface area contributed by atoms with Gasteiger partial charge in [-0.25, -0.2) is 0 Å². The first-order valence-corrected chi connectivity index (χ1v) is 11.8. The summed E-state index contributed by atoms with van der Waals surface area (Å²) in [5, 5.41) is 5.78. The van der Waals surface area contributed by atoms with Crippen molar-refractivity contribution in [3.8, 4) is 0 Å². The van der Waals surface area contributed by atoms with E-state index in [1.54, 1.807) is 0 Å². The van der Waals surface area contributed by atoms with Crippen LogP contribution in [0.2, 0.25) is 0 Å². The number of rotatable bonds is 21. The number of carbonyl (C=O) groups is 2. The summed E-state index contributed by atoms with van der Waals surface area (Å²) in [4.78, 5) is 26.1. The zero-order valence-corrected chi connectivity index (χ0v) is 20.5. The normalized spacial score (nSPS) is 11.5. The Labute approximate surface area is 189 Å². The van der Waals surface area contributed by atoms with E-state index in [4.69, 9.17) is 14.2 Å². The summed E-state index contributed by atoms with van der Waals surface area (Å²) in [7, 11) is 0. The van der Waals surface area contributed by atoms with E-state index in [-0.39, 0.29) is 24.9 Å². The van der Waals surface area contributed by atoms with E-state index in [0.29, 0.717) is 64.5 Å². The molecular weight excluding hydrogens is 398 g/mol. The van der Waals surface area contributed by atoms with Crippen LogP contribution in [-0.4, -0.2) is 89.1 Å². The molecule has 8 heteroatoms. The van der Waals surface area contributed by atoms with Gasteiger partial charge in [-0.15, -0.1) is 0 Å². The molecule has 0 bridgehead atoms. The minimum absolute atomic E-state index is 0.0651. The highest BCUT2D eigenvalue weighted by molar-refractivity contribution is 5.81. The zero-order chi connectivity index (χ0) is 23.3. The van der Waals surface area contributed by atoms with Gasteiger partial charge in [0, 0.05) is 26.2 Å². The third-order valence-corrected chi connectivity index (χ3v) is 4.49. The van der Waals surface area contributed by atoms with Gasteiger partial charge in [0.2, 0.25) is 11.8 Å². The summed E-state index contributed by atoms with van der Waals surface area (Å²) in [6.07, 6.45) is 2.88. The van der Waals surface area contributed by atoms with E-state index in [1.807, 2.05) is 11.8 Å². The first kappa shape index (κ1) is 29.8. The Morgan fingerprint density at radius 2 is 1.19 bits per heavy atom. The van der Waals surface area contributed by atoms with E-state index in [1.165, 1.54) is 0 Å². The molecule has 184 valence electrons. The molecule has 0 aliphatic heterocycles. The van der Waals surface area contributed by atoms with Gasteiger partial charge < -0.3 is 24.8 Å². The largest absolute Gasteiger partial charge is 0.379 e. The molecule has 0 heterocycles. The van der Waals surface area contributed by atoms with Gasteiger partial charge in [0.1, 0.15) is 0 Å². The fourth-order valence-corrected chi connectivity index (χ4v) is 2.55. The summed E-state index contributed by atoms with van der Waals surface area (Å²) in [5.74, 6) is 1.05. The van der Waals surface area contributed by atoms with Crippen LogP contribution in [0, 0.1) is 11.8 Å². The maximum Gasteiger partial charge on any atom is 0.234 e. The Bertz CT molecular complexity index is 447. The molecular formula is C23H47N3O5. The van der Waals surface area contributed by atoms with Crippen LogP contribution < -0.4 is 10.6 Å². The third kappa shape index (κ3) is 21.8. The predicted molar refractivity (Wildman–Crippen MR) is 124 cm³/mol. The lowest BCUT2D eigenvalue weighted by atomic mass is 10.1. The van der Waals surface area contributed by atoms with Crippen LogP contribution in [0.3, 0.4) is 0 Å². The molecule has 0 radical (unpaired) electrons. The van der Waals surface area contributed by atoms with Crippen LogP contribution in [0.25, 0.3) is 0 Å². The molecule has 0 saturated carbocycles. The van der Waals surface area contributed by atoms with Gasteiger partial charge in [0.05, 0.1) is 46.1 Å². The summed E-state index contributed by atoms with van der Waals surface area (Å²) in [5.41, 5.74) is 0. The second kappa shape index (κ2) is 20.7. The topological polar surface area (TPSA) is 89.1 Å². The number of hydrogen-bond acceptors (Lipinski definition) is 6. The van der Waals surface area contributed by atoms with Crippen LogP contribution in [-0.2, 0) is 23.8 Å². The van der Waals surface area contributed by atoms with Crippen molar-refractivity contribution in [1.29, 1.82) is 0 Å². The molecule has 0 spiro atoms. The Balaban J connectivity index is 4.02. The number of carbonyl (C=O) groups excluding carboxylic acids is 2. The van der Waals surface area contributed by atoms with Gasteiger partial charge in [0.25, 0.3) is 0 Å². The minimum Gasteiger partial charge on any atom is -0.379 e. The van der Waals surface area contributed by atoms with Crippen molar-refractivity contribution in [3.63, 3.8) is 0 Å². The van der Waals surface area contributed by atoms with Crippen LogP contribution in [0.1, 0.15) is 53.9 Å². The SMILES string of the molecule is CCCNC(=O)CN(CCOCCOCCOCCC(C)C)CC(=O)NCCC(C)C. The minimum atomic E-state index is -0.0716. The molecule has 0 saturated heterocycles. The summed E-state index contributed by atoms with van der Waals surface area (Å²) >= 11 is 0. The second-order valence-corrected chi connectivity index (χ2v) is 8.61. The van der Waals surface area contributed by atoms with Crippen molar-refractivity contribution in [1.82, 2.24) is 15.5 Å². The van der Waals surface area contributed by atoms with Crippen LogP contribution in [0.4, 0.5) is 0 Å². The van der Waals surface area contributed by atoms with Crippen LogP contribution in [0.15, 0.2) is 0 Å². The fourth-order valence-electron chi connectivity index (χ4n) is 2.55. The van der Waals surface area contributed by atoms with E-state index in [2.05, 4.69) is 38.3 Å². The molecule has 31 heavy (non-hydrogen) atoms. The van der Waals surface area contributed by atoms with Crippen molar-refractivity contribution in [2.24, 2.45) is 11.8 Å². The summed E-state index contributed by atoms with van der Waals surface area (Å²) < 4.78 is 16.6. The average molecular weight is 446 g/mol. The molecule has 0 aromatic rings. The van der Waals surface area contributed by atoms with E-state index in [0.717, 1.165) is 25.9 Å². The highest BCUT2D eigenvalue weighted by Crippen LogP contribution is 1.99. The molecule has 0 aromatic heterocycles. The highest BCUT2D eigenvalue weighted by atomic mass is 16.5. The lowest BCUT2D eigenvalue weighted by Crippen LogP contribution is -2.44. The average Bonchev–Trinajstić information content (AvgIpc) is 2.69. The lowest BCUT2D eigenvalue weighted by molar-refractivity contribution is -0.125. The lowest BCUT2D eigenvalue weighted by Gasteiger charge is -2.21. The Hall–Kier alpha value is -1.22. The molecule has 0 aliphatic carbocycles. The second-order valence-electron chi connectivity index (χ2n) is 8.61. The molecule has 0 fully saturated rings. The highest BCUT2D eigenvalue weighted by Gasteiger charge is 2.14. The smallest absolute Gasteiger partial charge is 0.234 e. The maximum atomic E-state index is 12.2. The van der Waals surface area contributed by atoms with Crippen molar-refractivity contribution < 1.29 is 23.8 Å². The van der Waals surface area contributed by atoms with Crippen molar-refractivity contribution in [2.45, 2.75) is 53.9 Å². The van der Waals surface area contributed by atoms with Crippen molar-refractivity contribution in [3.05, 3.63) is 0 Å². The number of nitrogens with one attached hydrogen (secondary N) is 2. The van der Waals surface area contributed by atoms with Gasteiger partial charge >= 0.3 is 0 Å². The molecule has 0 aliphatic rings. The van der Waals surface area contributed by atoms with E-state index in [9.17, 15) is 9.59 Å². The van der Waals surface area contributed by atoms with E-state index < -0.39 is 0 Å².